The highest BCUT2D eigenvalue weighted by Gasteiger charge is 2.48. The number of anilines is 1. The van der Waals surface area contributed by atoms with Crippen molar-refractivity contribution >= 4 is 11.9 Å². The first kappa shape index (κ1) is 20.8. The van der Waals surface area contributed by atoms with Crippen molar-refractivity contribution in [1.82, 2.24) is 15.3 Å². The maximum Gasteiger partial charge on any atom is 0.251 e. The van der Waals surface area contributed by atoms with E-state index in [2.05, 4.69) is 20.6 Å². The summed E-state index contributed by atoms with van der Waals surface area (Å²) in [6.45, 7) is 0.852. The second kappa shape index (κ2) is 8.54. The highest BCUT2D eigenvalue weighted by Crippen LogP contribution is 2.33. The number of benzene rings is 2. The molecule has 0 saturated carbocycles. The molecule has 4 heterocycles. The van der Waals surface area contributed by atoms with Crippen LogP contribution in [-0.4, -0.2) is 60.2 Å². The summed E-state index contributed by atoms with van der Waals surface area (Å²) in [5.74, 6) is 1.00. The van der Waals surface area contributed by atoms with Gasteiger partial charge in [-0.3, -0.25) is 4.79 Å². The molecular formula is C24H21FN4O5. The first-order chi connectivity index (χ1) is 16.6. The van der Waals surface area contributed by atoms with Crippen molar-refractivity contribution in [3.05, 3.63) is 66.1 Å². The van der Waals surface area contributed by atoms with Crippen molar-refractivity contribution in [3.8, 4) is 22.8 Å². The Morgan fingerprint density at radius 3 is 2.68 bits per heavy atom. The molecule has 174 valence electrons. The lowest BCUT2D eigenvalue weighted by Gasteiger charge is -2.18. The minimum absolute atomic E-state index is 0.151. The third-order valence-electron chi connectivity index (χ3n) is 6.10. The van der Waals surface area contributed by atoms with Crippen LogP contribution in [0.5, 0.6) is 11.5 Å². The Morgan fingerprint density at radius 2 is 1.79 bits per heavy atom. The molecule has 6 rings (SSSR count). The fourth-order valence-electron chi connectivity index (χ4n) is 4.44. The monoisotopic (exact) mass is 464 g/mol. The Balaban J connectivity index is 1.11. The number of ether oxygens (including phenoxy) is 4. The molecule has 9 nitrogen and oxygen atoms in total. The van der Waals surface area contributed by atoms with Crippen LogP contribution in [0.3, 0.4) is 0 Å². The molecule has 1 aromatic heterocycles. The van der Waals surface area contributed by atoms with Crippen LogP contribution < -0.4 is 20.1 Å². The van der Waals surface area contributed by atoms with Gasteiger partial charge in [-0.25, -0.2) is 14.4 Å². The van der Waals surface area contributed by atoms with E-state index in [0.29, 0.717) is 47.5 Å². The Hall–Kier alpha value is -3.76. The fourth-order valence-corrected chi connectivity index (χ4v) is 4.44. The van der Waals surface area contributed by atoms with Crippen molar-refractivity contribution in [2.75, 3.05) is 25.3 Å². The molecule has 3 aromatic rings. The van der Waals surface area contributed by atoms with Crippen LogP contribution in [-0.2, 0) is 9.47 Å². The number of amides is 1. The van der Waals surface area contributed by atoms with Gasteiger partial charge in [0.1, 0.15) is 18.0 Å². The number of carbonyl (C=O) groups is 1. The van der Waals surface area contributed by atoms with Crippen molar-refractivity contribution in [1.29, 1.82) is 0 Å². The minimum Gasteiger partial charge on any atom is -0.454 e. The average Bonchev–Trinajstić information content (AvgIpc) is 3.57. The molecule has 4 atom stereocenters. The predicted molar refractivity (Wildman–Crippen MR) is 118 cm³/mol. The van der Waals surface area contributed by atoms with Crippen molar-refractivity contribution in [2.45, 2.75) is 24.3 Å². The topological polar surface area (TPSA) is 104 Å². The summed E-state index contributed by atoms with van der Waals surface area (Å²) >= 11 is 0. The van der Waals surface area contributed by atoms with Crippen LogP contribution in [0.15, 0.2) is 54.7 Å². The summed E-state index contributed by atoms with van der Waals surface area (Å²) in [5.41, 5.74) is 1.74. The molecule has 0 bridgehead atoms. The van der Waals surface area contributed by atoms with E-state index in [1.165, 1.54) is 12.1 Å². The molecule has 34 heavy (non-hydrogen) atoms. The molecule has 3 aliphatic heterocycles. The fraction of sp³-hybridized carbons (Fsp3) is 0.292. The number of hydrogen-bond donors (Lipinski definition) is 2. The average molecular weight is 464 g/mol. The number of hydrogen-bond acceptors (Lipinski definition) is 8. The maximum absolute atomic E-state index is 13.6. The maximum atomic E-state index is 13.6. The quantitative estimate of drug-likeness (QED) is 0.593. The molecule has 2 aromatic carbocycles. The number of carbonyl (C=O) groups excluding carboxylic acids is 1. The Kier molecular flexibility index (Phi) is 5.23. The molecule has 10 heteroatoms. The Bertz CT molecular complexity index is 1240. The van der Waals surface area contributed by atoms with E-state index in [1.807, 2.05) is 0 Å². The second-order valence-corrected chi connectivity index (χ2v) is 8.27. The standard InChI is InChI=1S/C24H21FN4O5/c25-15-3-1-2-13(8-15)16-6-7-26-24(28-16)29-18-11-32-21-17(10-31-22(18)21)27-23(30)14-4-5-19-20(9-14)34-12-33-19/h1-9,17-18,21-22H,10-12H2,(H,27,30)(H,26,28,29). The van der Waals surface area contributed by atoms with E-state index in [1.54, 1.807) is 42.6 Å². The van der Waals surface area contributed by atoms with E-state index in [-0.39, 0.29) is 42.8 Å². The lowest BCUT2D eigenvalue weighted by molar-refractivity contribution is 0.0652. The summed E-state index contributed by atoms with van der Waals surface area (Å²) in [4.78, 5) is 21.6. The summed E-state index contributed by atoms with van der Waals surface area (Å²) in [5, 5.41) is 6.26. The smallest absolute Gasteiger partial charge is 0.251 e. The molecule has 2 saturated heterocycles. The summed E-state index contributed by atoms with van der Waals surface area (Å²) in [6.07, 6.45) is 1.04. The molecule has 1 amide bonds. The van der Waals surface area contributed by atoms with Crippen LogP contribution in [0.1, 0.15) is 10.4 Å². The van der Waals surface area contributed by atoms with E-state index < -0.39 is 0 Å². The van der Waals surface area contributed by atoms with Crippen LogP contribution >= 0.6 is 0 Å². The van der Waals surface area contributed by atoms with Gasteiger partial charge in [0.2, 0.25) is 12.7 Å². The van der Waals surface area contributed by atoms with E-state index >= 15 is 0 Å². The number of nitrogens with one attached hydrogen (secondary N) is 2. The van der Waals surface area contributed by atoms with Gasteiger partial charge in [-0.05, 0) is 36.4 Å². The SMILES string of the molecule is O=C(NC1COC2C(Nc3nccc(-c4cccc(F)c4)n3)COC12)c1ccc2c(c1)OCO2. The highest BCUT2D eigenvalue weighted by molar-refractivity contribution is 5.95. The van der Waals surface area contributed by atoms with E-state index in [9.17, 15) is 9.18 Å². The van der Waals surface area contributed by atoms with Crippen LogP contribution in [0, 0.1) is 5.82 Å². The zero-order valence-corrected chi connectivity index (χ0v) is 17.9. The number of rotatable bonds is 5. The van der Waals surface area contributed by atoms with Crippen molar-refractivity contribution < 1.29 is 28.1 Å². The summed E-state index contributed by atoms with van der Waals surface area (Å²) in [6, 6.07) is 12.5. The summed E-state index contributed by atoms with van der Waals surface area (Å²) < 4.78 is 36.2. The van der Waals surface area contributed by atoms with Crippen molar-refractivity contribution in [2.24, 2.45) is 0 Å². The van der Waals surface area contributed by atoms with E-state index in [4.69, 9.17) is 18.9 Å². The van der Waals surface area contributed by atoms with Gasteiger partial charge in [-0.2, -0.15) is 0 Å². The molecule has 0 spiro atoms. The molecule has 2 N–H and O–H groups in total. The van der Waals surface area contributed by atoms with Crippen LogP contribution in [0.25, 0.3) is 11.3 Å². The van der Waals surface area contributed by atoms with Gasteiger partial charge in [-0.1, -0.05) is 12.1 Å². The molecule has 3 aliphatic rings. The Morgan fingerprint density at radius 1 is 0.971 bits per heavy atom. The molecule has 0 radical (unpaired) electrons. The summed E-state index contributed by atoms with van der Waals surface area (Å²) in [7, 11) is 0. The largest absolute Gasteiger partial charge is 0.454 e. The predicted octanol–water partition coefficient (Wildman–Crippen LogP) is 2.39. The third kappa shape index (κ3) is 3.91. The first-order valence-electron chi connectivity index (χ1n) is 10.9. The number of halogens is 1. The van der Waals surface area contributed by atoms with Gasteiger partial charge in [0.15, 0.2) is 11.5 Å². The van der Waals surface area contributed by atoms with Crippen LogP contribution in [0.2, 0.25) is 0 Å². The molecular weight excluding hydrogens is 443 g/mol. The second-order valence-electron chi connectivity index (χ2n) is 8.27. The minimum atomic E-state index is -0.328. The molecule has 2 fully saturated rings. The molecule has 4 unspecified atom stereocenters. The van der Waals surface area contributed by atoms with Gasteiger partial charge in [0.25, 0.3) is 5.91 Å². The van der Waals surface area contributed by atoms with Gasteiger partial charge in [0.05, 0.1) is 31.0 Å². The number of fused-ring (bicyclic) bond motifs is 2. The lowest BCUT2D eigenvalue weighted by atomic mass is 10.1. The zero-order valence-electron chi connectivity index (χ0n) is 17.9. The third-order valence-corrected chi connectivity index (χ3v) is 6.10. The highest BCUT2D eigenvalue weighted by atomic mass is 19.1. The normalized spacial score (nSPS) is 24.6. The molecule has 0 aliphatic carbocycles. The first-order valence-corrected chi connectivity index (χ1v) is 10.9. The Labute approximate surface area is 194 Å². The van der Waals surface area contributed by atoms with Gasteiger partial charge < -0.3 is 29.6 Å². The van der Waals surface area contributed by atoms with Gasteiger partial charge >= 0.3 is 0 Å². The van der Waals surface area contributed by atoms with E-state index in [0.717, 1.165) is 0 Å². The van der Waals surface area contributed by atoms with Crippen LogP contribution in [0.4, 0.5) is 10.3 Å². The lowest BCUT2D eigenvalue weighted by Crippen LogP contribution is -2.44. The number of nitrogens with zero attached hydrogens (tertiary/aromatic N) is 2. The van der Waals surface area contributed by atoms with Gasteiger partial charge in [-0.15, -0.1) is 0 Å². The zero-order chi connectivity index (χ0) is 23.1. The number of aromatic nitrogens is 2. The van der Waals surface area contributed by atoms with Crippen molar-refractivity contribution in [3.63, 3.8) is 0 Å². The van der Waals surface area contributed by atoms with Gasteiger partial charge in [0, 0.05) is 17.3 Å².